The van der Waals surface area contributed by atoms with Gasteiger partial charge in [0.15, 0.2) is 0 Å². The van der Waals surface area contributed by atoms with E-state index in [2.05, 4.69) is 15.6 Å². The number of nitrogens with one attached hydrogen (secondary N) is 2. The summed E-state index contributed by atoms with van der Waals surface area (Å²) in [7, 11) is 0. The van der Waals surface area contributed by atoms with Crippen LogP contribution in [0.2, 0.25) is 10.0 Å². The fraction of sp³-hybridized carbons (Fsp3) is 0.321. The minimum Gasteiger partial charge on any atom is -0.480 e. The largest absolute Gasteiger partial charge is 0.480 e. The van der Waals surface area contributed by atoms with Crippen LogP contribution in [0.25, 0.3) is 11.0 Å². The number of benzene rings is 2. The third kappa shape index (κ3) is 6.23. The highest BCUT2D eigenvalue weighted by atomic mass is 35.5. The van der Waals surface area contributed by atoms with Gasteiger partial charge in [0.05, 0.1) is 34.1 Å². The molecular weight excluding hydrogens is 603 g/mol. The second-order valence-corrected chi connectivity index (χ2v) is 10.9. The molecule has 5 rings (SSSR count). The molecule has 43 heavy (non-hydrogen) atoms. The van der Waals surface area contributed by atoms with Crippen molar-refractivity contribution in [1.82, 2.24) is 20.4 Å². The summed E-state index contributed by atoms with van der Waals surface area (Å²) in [4.78, 5) is 45.1. The number of β-amino-alcohol motifs (C(OH)–C–C–N with tert-alkyl or cyclic N) is 2. The normalized spacial score (nSPS) is 19.1. The quantitative estimate of drug-likeness (QED) is 0.152. The Balaban J connectivity index is 1.29. The van der Waals surface area contributed by atoms with Crippen molar-refractivity contribution in [3.63, 3.8) is 0 Å². The molecule has 0 bridgehead atoms. The fourth-order valence-corrected chi connectivity index (χ4v) is 5.90. The van der Waals surface area contributed by atoms with Gasteiger partial charge in [-0.25, -0.2) is 4.79 Å². The van der Waals surface area contributed by atoms with Crippen LogP contribution in [0.3, 0.4) is 0 Å². The van der Waals surface area contributed by atoms with Crippen molar-refractivity contribution >= 4 is 57.9 Å². The zero-order chi connectivity index (χ0) is 30.8. The first-order chi connectivity index (χ1) is 20.6. The molecule has 2 aromatic carbocycles. The number of amides is 2. The molecule has 1 aromatic heterocycles. The molecule has 0 radical (unpaired) electrons. The smallest absolute Gasteiger partial charge is 0.328 e. The van der Waals surface area contributed by atoms with Crippen LogP contribution in [0.1, 0.15) is 31.8 Å². The number of aliphatic hydroxyl groups is 2. The third-order valence-electron chi connectivity index (χ3n) is 7.40. The summed E-state index contributed by atoms with van der Waals surface area (Å²) in [5, 5.41) is 44.4. The Morgan fingerprint density at radius 1 is 1.14 bits per heavy atom. The van der Waals surface area contributed by atoms with Crippen LogP contribution in [-0.4, -0.2) is 93.3 Å². The van der Waals surface area contributed by atoms with Crippen molar-refractivity contribution < 1.29 is 34.1 Å². The van der Waals surface area contributed by atoms with Gasteiger partial charge in [-0.3, -0.25) is 9.59 Å². The predicted octanol–water partition coefficient (Wildman–Crippen LogP) is 1.59. The molecular formula is C28H26Cl2N6O7. The zero-order valence-electron chi connectivity index (χ0n) is 22.5. The maximum Gasteiger partial charge on any atom is 0.328 e. The van der Waals surface area contributed by atoms with Gasteiger partial charge in [0.25, 0.3) is 11.8 Å². The van der Waals surface area contributed by atoms with Crippen LogP contribution in [-0.2, 0) is 17.8 Å². The van der Waals surface area contributed by atoms with Crippen LogP contribution in [0.5, 0.6) is 0 Å². The average molecular weight is 629 g/mol. The lowest BCUT2D eigenvalue weighted by Crippen LogP contribution is -2.51. The van der Waals surface area contributed by atoms with Crippen LogP contribution >= 0.6 is 23.2 Å². The number of carbonyl (C=O) groups excluding carboxylic acids is 2. The highest BCUT2D eigenvalue weighted by molar-refractivity contribution is 6.40. The SMILES string of the molecule is N#C/N=C(\NC[C@H](NC(=O)c1c(Cl)cc2c(c1Cl)CCN(C(=O)c1ccc3ccoc3c1)C2)C(=O)O)N1C[C@@H](O)[C@H](O)C1. The molecule has 0 saturated carbocycles. The summed E-state index contributed by atoms with van der Waals surface area (Å²) in [5.41, 5.74) is 2.25. The van der Waals surface area contributed by atoms with E-state index in [4.69, 9.17) is 32.9 Å². The molecule has 5 N–H and O–H groups in total. The summed E-state index contributed by atoms with van der Waals surface area (Å²) < 4.78 is 5.41. The molecule has 13 nitrogen and oxygen atoms in total. The zero-order valence-corrected chi connectivity index (χ0v) is 24.0. The van der Waals surface area contributed by atoms with E-state index in [1.807, 2.05) is 0 Å². The van der Waals surface area contributed by atoms with E-state index < -0.39 is 30.1 Å². The summed E-state index contributed by atoms with van der Waals surface area (Å²) in [5.74, 6) is -2.48. The van der Waals surface area contributed by atoms with Crippen molar-refractivity contribution in [1.29, 1.82) is 5.26 Å². The van der Waals surface area contributed by atoms with E-state index in [0.29, 0.717) is 35.2 Å². The number of hydrogen-bond donors (Lipinski definition) is 5. The molecule has 3 aromatic rings. The Hall–Kier alpha value is -4.35. The number of halogens is 2. The molecule has 1 saturated heterocycles. The Morgan fingerprint density at radius 2 is 1.88 bits per heavy atom. The van der Waals surface area contributed by atoms with Crippen molar-refractivity contribution in [3.8, 4) is 6.19 Å². The van der Waals surface area contributed by atoms with Gasteiger partial charge in [0.1, 0.15) is 11.6 Å². The lowest BCUT2D eigenvalue weighted by molar-refractivity contribution is -0.139. The number of nitriles is 1. The van der Waals surface area contributed by atoms with Crippen molar-refractivity contribution in [2.24, 2.45) is 4.99 Å². The molecule has 2 aliphatic rings. The van der Waals surface area contributed by atoms with Crippen LogP contribution < -0.4 is 10.6 Å². The number of carbonyl (C=O) groups is 3. The van der Waals surface area contributed by atoms with Crippen molar-refractivity contribution in [3.05, 3.63) is 68.9 Å². The minimum absolute atomic E-state index is 0.0172. The van der Waals surface area contributed by atoms with E-state index in [9.17, 15) is 29.7 Å². The molecule has 15 heteroatoms. The Labute approximate surface area is 254 Å². The topological polar surface area (TPSA) is 192 Å². The number of rotatable bonds is 6. The summed E-state index contributed by atoms with van der Waals surface area (Å²) >= 11 is 13.1. The van der Waals surface area contributed by atoms with E-state index in [0.717, 1.165) is 5.39 Å². The monoisotopic (exact) mass is 628 g/mol. The number of aliphatic hydroxyl groups excluding tert-OH is 2. The highest BCUT2D eigenvalue weighted by Crippen LogP contribution is 2.35. The maximum absolute atomic E-state index is 13.2. The summed E-state index contributed by atoms with van der Waals surface area (Å²) in [6.45, 7) is 0.0926. The molecule has 0 unspecified atom stereocenters. The number of nitrogens with zero attached hydrogens (tertiary/aromatic N) is 4. The molecule has 224 valence electrons. The second kappa shape index (κ2) is 12.5. The second-order valence-electron chi connectivity index (χ2n) is 10.2. The van der Waals surface area contributed by atoms with Crippen LogP contribution in [0, 0.1) is 11.5 Å². The summed E-state index contributed by atoms with van der Waals surface area (Å²) in [6.07, 6.45) is 1.35. The Bertz CT molecular complexity index is 1660. The molecule has 3 atom stereocenters. The lowest BCUT2D eigenvalue weighted by Gasteiger charge is -2.30. The number of likely N-dealkylation sites (tertiary alicyclic amines) is 1. The van der Waals surface area contributed by atoms with Gasteiger partial charge in [0.2, 0.25) is 12.2 Å². The van der Waals surface area contributed by atoms with Crippen LogP contribution in [0.4, 0.5) is 0 Å². The van der Waals surface area contributed by atoms with Gasteiger partial charge in [-0.05, 0) is 41.8 Å². The molecule has 0 aliphatic carbocycles. The van der Waals surface area contributed by atoms with Gasteiger partial charge in [-0.15, -0.1) is 4.99 Å². The number of fused-ring (bicyclic) bond motifs is 2. The first-order valence-corrected chi connectivity index (χ1v) is 13.9. The minimum atomic E-state index is -1.49. The van der Waals surface area contributed by atoms with Crippen molar-refractivity contribution in [2.45, 2.75) is 31.2 Å². The fourth-order valence-electron chi connectivity index (χ4n) is 5.14. The van der Waals surface area contributed by atoms with Gasteiger partial charge < -0.3 is 40.2 Å². The van der Waals surface area contributed by atoms with E-state index in [1.165, 1.54) is 4.90 Å². The Morgan fingerprint density at radius 3 is 2.58 bits per heavy atom. The number of aliphatic imine (C=N–C) groups is 1. The van der Waals surface area contributed by atoms with E-state index in [1.54, 1.807) is 47.7 Å². The van der Waals surface area contributed by atoms with Gasteiger partial charge in [-0.2, -0.15) is 5.26 Å². The number of aliphatic carboxylic acids is 1. The molecule has 0 spiro atoms. The van der Waals surface area contributed by atoms with E-state index >= 15 is 0 Å². The number of furan rings is 1. The molecule has 1 fully saturated rings. The molecule has 2 amide bonds. The molecule has 3 heterocycles. The number of carboxylic acid groups (broad SMARTS) is 1. The first-order valence-electron chi connectivity index (χ1n) is 13.2. The number of carboxylic acids is 1. The van der Waals surface area contributed by atoms with Gasteiger partial charge >= 0.3 is 5.97 Å². The van der Waals surface area contributed by atoms with Crippen molar-refractivity contribution in [2.75, 3.05) is 26.2 Å². The standard InChI is InChI=1S/C28H26Cl2N6O7/c29-18-7-16-10-35(26(40)15-2-1-14-4-6-43-22(14)8-15)5-3-17(16)24(30)23(18)25(39)34-19(27(41)42)9-32-28(33-13-31)36-11-20(37)21(38)12-36/h1-2,4,6-8,19-21,37-38H,3,5,9-12H2,(H,32,33)(H,34,39)(H,41,42)/t19-,20+,21+/m0/s1. The van der Waals surface area contributed by atoms with Gasteiger partial charge in [0, 0.05) is 43.7 Å². The Kier molecular flexibility index (Phi) is 8.74. The van der Waals surface area contributed by atoms with Crippen LogP contribution in [0.15, 0.2) is 46.0 Å². The third-order valence-corrected chi connectivity index (χ3v) is 8.12. The first kappa shape index (κ1) is 30.1. The molecule has 2 aliphatic heterocycles. The average Bonchev–Trinajstić information content (AvgIpc) is 3.58. The van der Waals surface area contributed by atoms with Gasteiger partial charge in [-0.1, -0.05) is 29.3 Å². The highest BCUT2D eigenvalue weighted by Gasteiger charge is 2.33. The lowest BCUT2D eigenvalue weighted by atomic mass is 9.96. The maximum atomic E-state index is 13.2. The number of hydrogen-bond acceptors (Lipinski definition) is 8. The number of guanidine groups is 1. The predicted molar refractivity (Wildman–Crippen MR) is 155 cm³/mol. The van der Waals surface area contributed by atoms with E-state index in [-0.39, 0.29) is 53.7 Å². The summed E-state index contributed by atoms with van der Waals surface area (Å²) in [6, 6.07) is 7.08.